The minimum Gasteiger partial charge on any atom is -0.393 e. The van der Waals surface area contributed by atoms with E-state index in [4.69, 9.17) is 0 Å². The Morgan fingerprint density at radius 2 is 1.64 bits per heavy atom. The summed E-state index contributed by atoms with van der Waals surface area (Å²) in [5.74, 6) is 2.10. The fourth-order valence-corrected chi connectivity index (χ4v) is 7.33. The Balaban J connectivity index is 1.68. The van der Waals surface area contributed by atoms with Gasteiger partial charge in [-0.05, 0) is 85.9 Å². The molecule has 4 rings (SSSR count). The molecule has 0 radical (unpaired) electrons. The summed E-state index contributed by atoms with van der Waals surface area (Å²) in [6, 6.07) is 0. The van der Waals surface area contributed by atoms with Crippen molar-refractivity contribution in [2.24, 2.45) is 34.5 Å². The van der Waals surface area contributed by atoms with E-state index in [9.17, 15) is 15.3 Å². The topological polar surface area (TPSA) is 60.7 Å². The van der Waals surface area contributed by atoms with Gasteiger partial charge in [0, 0.05) is 0 Å². The van der Waals surface area contributed by atoms with Gasteiger partial charge < -0.3 is 15.3 Å². The van der Waals surface area contributed by atoms with Crippen molar-refractivity contribution in [3.63, 3.8) is 0 Å². The minimum absolute atomic E-state index is 0.0715. The number of aliphatic hydroxyl groups is 3. The van der Waals surface area contributed by atoms with E-state index in [1.807, 2.05) is 0 Å². The summed E-state index contributed by atoms with van der Waals surface area (Å²) in [4.78, 5) is 0. The molecule has 0 aromatic heterocycles. The Kier molecular flexibility index (Phi) is 3.46. The Hall–Kier alpha value is -0.120. The van der Waals surface area contributed by atoms with Crippen LogP contribution in [0.1, 0.15) is 65.2 Å². The average molecular weight is 308 g/mol. The number of fused-ring (bicyclic) bond motifs is 5. The molecule has 3 N–H and O–H groups in total. The quantitative estimate of drug-likeness (QED) is 0.645. The van der Waals surface area contributed by atoms with Crippen LogP contribution in [0, 0.1) is 34.5 Å². The Bertz CT molecular complexity index is 452. The van der Waals surface area contributed by atoms with Crippen molar-refractivity contribution in [1.82, 2.24) is 0 Å². The van der Waals surface area contributed by atoms with Crippen LogP contribution in [-0.2, 0) is 0 Å². The van der Waals surface area contributed by atoms with Gasteiger partial charge in [0.1, 0.15) is 0 Å². The van der Waals surface area contributed by atoms with Crippen molar-refractivity contribution in [1.29, 1.82) is 0 Å². The van der Waals surface area contributed by atoms with Crippen LogP contribution in [0.15, 0.2) is 0 Å². The lowest BCUT2D eigenvalue weighted by Gasteiger charge is -2.62. The van der Waals surface area contributed by atoms with E-state index in [1.54, 1.807) is 0 Å². The summed E-state index contributed by atoms with van der Waals surface area (Å²) in [6.07, 6.45) is 7.44. The van der Waals surface area contributed by atoms with Gasteiger partial charge in [-0.3, -0.25) is 0 Å². The Morgan fingerprint density at radius 1 is 0.864 bits per heavy atom. The first-order chi connectivity index (χ1) is 10.4. The second-order valence-electron chi connectivity index (χ2n) is 9.37. The molecule has 3 nitrogen and oxygen atoms in total. The van der Waals surface area contributed by atoms with Gasteiger partial charge in [-0.25, -0.2) is 0 Å². The van der Waals surface area contributed by atoms with Gasteiger partial charge in [-0.2, -0.15) is 0 Å². The number of hydrogen-bond acceptors (Lipinski definition) is 3. The monoisotopic (exact) mass is 308 g/mol. The average Bonchev–Trinajstić information content (AvgIpc) is 2.75. The molecule has 0 spiro atoms. The lowest BCUT2D eigenvalue weighted by Crippen LogP contribution is -2.59. The molecule has 1 unspecified atom stereocenters. The summed E-state index contributed by atoms with van der Waals surface area (Å²) in [5.41, 5.74) is 0.119. The van der Waals surface area contributed by atoms with Crippen molar-refractivity contribution in [2.45, 2.75) is 83.5 Å². The molecule has 4 fully saturated rings. The molecule has 0 heterocycles. The maximum atomic E-state index is 11.0. The lowest BCUT2D eigenvalue weighted by molar-refractivity contribution is -0.183. The van der Waals surface area contributed by atoms with Gasteiger partial charge in [0.15, 0.2) is 0 Å². The molecular weight excluding hydrogens is 276 g/mol. The third-order valence-electron chi connectivity index (χ3n) is 8.52. The molecule has 3 heteroatoms. The summed E-state index contributed by atoms with van der Waals surface area (Å²) in [6.45, 7) is 4.60. The second kappa shape index (κ2) is 4.94. The minimum atomic E-state index is -0.276. The number of rotatable bonds is 0. The molecule has 4 saturated carbocycles. The predicted molar refractivity (Wildman–Crippen MR) is 85.1 cm³/mol. The fraction of sp³-hybridized carbons (Fsp3) is 1.00. The molecule has 22 heavy (non-hydrogen) atoms. The molecule has 0 aromatic rings. The van der Waals surface area contributed by atoms with Crippen LogP contribution in [-0.4, -0.2) is 33.6 Å². The highest BCUT2D eigenvalue weighted by Gasteiger charge is 2.62. The zero-order chi connectivity index (χ0) is 15.7. The first-order valence-electron chi connectivity index (χ1n) is 9.40. The van der Waals surface area contributed by atoms with Crippen LogP contribution in [0.3, 0.4) is 0 Å². The van der Waals surface area contributed by atoms with Gasteiger partial charge in [0.25, 0.3) is 0 Å². The molecule has 0 saturated heterocycles. The fourth-order valence-electron chi connectivity index (χ4n) is 7.33. The second-order valence-corrected chi connectivity index (χ2v) is 9.37. The number of aliphatic hydroxyl groups excluding tert-OH is 3. The Labute approximate surface area is 134 Å². The Morgan fingerprint density at radius 3 is 2.41 bits per heavy atom. The summed E-state index contributed by atoms with van der Waals surface area (Å²) in [5, 5.41) is 31.6. The van der Waals surface area contributed by atoms with Crippen LogP contribution in [0.5, 0.6) is 0 Å². The third kappa shape index (κ3) is 1.91. The molecule has 126 valence electrons. The maximum absolute atomic E-state index is 11.0. The molecule has 4 aliphatic carbocycles. The van der Waals surface area contributed by atoms with Crippen LogP contribution < -0.4 is 0 Å². The van der Waals surface area contributed by atoms with Gasteiger partial charge in [0.05, 0.1) is 18.3 Å². The molecular formula is C19H32O3. The van der Waals surface area contributed by atoms with Gasteiger partial charge in [0.2, 0.25) is 0 Å². The van der Waals surface area contributed by atoms with E-state index in [0.29, 0.717) is 23.7 Å². The molecule has 9 atom stereocenters. The molecule has 0 aliphatic heterocycles. The largest absolute Gasteiger partial charge is 0.393 e. The predicted octanol–water partition coefficient (Wildman–Crippen LogP) is 2.72. The van der Waals surface area contributed by atoms with Crippen LogP contribution in [0.2, 0.25) is 0 Å². The standard InChI is InChI=1S/C19H32O3/c1-18-8-7-12(20)9-11(18)3-4-13-14-5-6-16(22)19(14,2)10-15(21)17(13)18/h11-17,20-22H,3-10H2,1-2H3/t11-,12+,13-,14-,15?,16-,17+,18-,19-/m0/s1. The van der Waals surface area contributed by atoms with E-state index < -0.39 is 0 Å². The van der Waals surface area contributed by atoms with E-state index in [2.05, 4.69) is 13.8 Å². The van der Waals surface area contributed by atoms with E-state index >= 15 is 0 Å². The van der Waals surface area contributed by atoms with E-state index in [0.717, 1.165) is 38.5 Å². The van der Waals surface area contributed by atoms with E-state index in [1.165, 1.54) is 12.8 Å². The summed E-state index contributed by atoms with van der Waals surface area (Å²) < 4.78 is 0. The number of hydrogen-bond donors (Lipinski definition) is 3. The van der Waals surface area contributed by atoms with E-state index in [-0.39, 0.29) is 29.1 Å². The molecule has 4 aliphatic rings. The molecule has 0 bridgehead atoms. The van der Waals surface area contributed by atoms with Crippen LogP contribution >= 0.6 is 0 Å². The third-order valence-corrected chi connectivity index (χ3v) is 8.52. The van der Waals surface area contributed by atoms with Crippen molar-refractivity contribution in [2.75, 3.05) is 0 Å². The highest BCUT2D eigenvalue weighted by atomic mass is 16.3. The van der Waals surface area contributed by atoms with Gasteiger partial charge in [-0.1, -0.05) is 13.8 Å². The highest BCUT2D eigenvalue weighted by Crippen LogP contribution is 2.66. The van der Waals surface area contributed by atoms with Crippen molar-refractivity contribution < 1.29 is 15.3 Å². The van der Waals surface area contributed by atoms with Gasteiger partial charge >= 0.3 is 0 Å². The normalized spacial score (nSPS) is 61.2. The first kappa shape index (κ1) is 15.4. The highest BCUT2D eigenvalue weighted by molar-refractivity contribution is 5.12. The van der Waals surface area contributed by atoms with Gasteiger partial charge in [-0.15, -0.1) is 0 Å². The van der Waals surface area contributed by atoms with Crippen molar-refractivity contribution in [3.8, 4) is 0 Å². The molecule has 0 aromatic carbocycles. The zero-order valence-corrected chi connectivity index (χ0v) is 14.0. The summed E-state index contributed by atoms with van der Waals surface area (Å²) >= 11 is 0. The molecule has 0 amide bonds. The lowest BCUT2D eigenvalue weighted by atomic mass is 9.44. The van der Waals surface area contributed by atoms with Crippen molar-refractivity contribution in [3.05, 3.63) is 0 Å². The smallest absolute Gasteiger partial charge is 0.0597 e. The maximum Gasteiger partial charge on any atom is 0.0597 e. The van der Waals surface area contributed by atoms with Crippen molar-refractivity contribution >= 4 is 0 Å². The zero-order valence-electron chi connectivity index (χ0n) is 14.0. The summed E-state index contributed by atoms with van der Waals surface area (Å²) in [7, 11) is 0. The van der Waals surface area contributed by atoms with Crippen LogP contribution in [0.4, 0.5) is 0 Å². The SMILES string of the molecule is C[C@]12CC[C@@H](O)C[C@@H]1CC[C@H]1[C@@H]3CC[C@H](O)[C@@]3(C)CC(O)[C@@H]12. The van der Waals surface area contributed by atoms with Crippen LogP contribution in [0.25, 0.3) is 0 Å². The first-order valence-corrected chi connectivity index (χ1v) is 9.40.